The molecular formula is C28H21N3O2S2. The van der Waals surface area contributed by atoms with Crippen LogP contribution in [0.4, 0.5) is 0 Å². The molecule has 4 aromatic rings. The summed E-state index contributed by atoms with van der Waals surface area (Å²) in [5.74, 6) is -0.661. The van der Waals surface area contributed by atoms with Crippen LogP contribution in [0.2, 0.25) is 0 Å². The number of carbonyl (C=O) groups is 1. The zero-order chi connectivity index (χ0) is 24.5. The molecule has 0 saturated heterocycles. The largest absolute Gasteiger partial charge is 0.390 e. The van der Waals surface area contributed by atoms with E-state index in [-0.39, 0.29) is 22.2 Å². The number of carbonyl (C=O) groups excluding carboxylic acids is 1. The van der Waals surface area contributed by atoms with Gasteiger partial charge in [-0.05, 0) is 17.2 Å². The van der Waals surface area contributed by atoms with Gasteiger partial charge in [0.15, 0.2) is 5.78 Å². The monoisotopic (exact) mass is 495 g/mol. The van der Waals surface area contributed by atoms with E-state index >= 15 is 0 Å². The summed E-state index contributed by atoms with van der Waals surface area (Å²) in [6, 6.07) is 28.0. The smallest absolute Gasteiger partial charge is 0.274 e. The van der Waals surface area contributed by atoms with Crippen LogP contribution in [0.15, 0.2) is 101 Å². The Bertz CT molecular complexity index is 1650. The number of benzene rings is 3. The summed E-state index contributed by atoms with van der Waals surface area (Å²) < 4.78 is 2.32. The number of Topliss-reactive ketones (excluding diaryl/α,β-unsaturated/α-hetero) is 1. The highest BCUT2D eigenvalue weighted by atomic mass is 32.1. The first-order valence-electron chi connectivity index (χ1n) is 10.9. The fraction of sp³-hybridized carbons (Fsp3) is 0.0357. The van der Waals surface area contributed by atoms with Crippen LogP contribution >= 0.6 is 23.6 Å². The molecular weight excluding hydrogens is 474 g/mol. The van der Waals surface area contributed by atoms with Crippen molar-refractivity contribution in [3.8, 4) is 0 Å². The lowest BCUT2D eigenvalue weighted by Crippen LogP contribution is -2.42. The highest BCUT2D eigenvalue weighted by Gasteiger charge is 2.36. The second-order valence-corrected chi connectivity index (χ2v) is 9.55. The molecule has 3 aromatic carbocycles. The molecule has 1 aromatic heterocycles. The number of aromatic nitrogens is 1. The fourth-order valence-corrected chi connectivity index (χ4v) is 5.74. The van der Waals surface area contributed by atoms with Crippen LogP contribution in [0.5, 0.6) is 0 Å². The molecule has 0 aliphatic carbocycles. The van der Waals surface area contributed by atoms with Gasteiger partial charge in [0.2, 0.25) is 0 Å². The second-order valence-electron chi connectivity index (χ2n) is 8.08. The first-order valence-corrected chi connectivity index (χ1v) is 12.2. The van der Waals surface area contributed by atoms with Crippen molar-refractivity contribution in [2.45, 2.75) is 5.92 Å². The summed E-state index contributed by atoms with van der Waals surface area (Å²) in [7, 11) is 0. The zero-order valence-electron chi connectivity index (χ0n) is 18.5. The highest BCUT2D eigenvalue weighted by Crippen LogP contribution is 2.38. The Labute approximate surface area is 211 Å². The number of ketones is 1. The predicted molar refractivity (Wildman–Crippen MR) is 145 cm³/mol. The molecule has 0 bridgehead atoms. The average Bonchev–Trinajstić information content (AvgIpc) is 3.20. The Morgan fingerprint density at radius 2 is 1.46 bits per heavy atom. The minimum atomic E-state index is -0.607. The van der Waals surface area contributed by atoms with Crippen LogP contribution in [-0.4, -0.2) is 15.3 Å². The molecule has 2 heterocycles. The molecule has 4 N–H and O–H groups in total. The number of rotatable bonds is 5. The van der Waals surface area contributed by atoms with Crippen LogP contribution < -0.4 is 26.2 Å². The van der Waals surface area contributed by atoms with Crippen molar-refractivity contribution < 1.29 is 4.79 Å². The standard InChI is InChI=1S/C28H21N3O2S2/c29-25-23(26(30)34)21(18-12-6-2-7-13-18)22(24(32)19-14-8-3-9-15-19)28-31(25)27(33)20(35-28)16-17-10-4-1-5-11-17/h1-16,21H,29H2,(H2,30,34)/b20-16+. The number of hydrogen-bond acceptors (Lipinski definition) is 5. The number of thiocarbonyl (C=S) groups is 1. The summed E-state index contributed by atoms with van der Waals surface area (Å²) in [5, 5.41) is 0. The number of thiazole rings is 1. The summed E-state index contributed by atoms with van der Waals surface area (Å²) in [5.41, 5.74) is 15.4. The lowest BCUT2D eigenvalue weighted by atomic mass is 9.80. The van der Waals surface area contributed by atoms with Gasteiger partial charge in [0.05, 0.1) is 4.53 Å². The summed E-state index contributed by atoms with van der Waals surface area (Å²) in [6.07, 6.45) is 1.80. The van der Waals surface area contributed by atoms with E-state index in [1.54, 1.807) is 18.2 Å². The molecule has 0 spiro atoms. The van der Waals surface area contributed by atoms with Gasteiger partial charge >= 0.3 is 0 Å². The lowest BCUT2D eigenvalue weighted by molar-refractivity contribution is 0.105. The summed E-state index contributed by atoms with van der Waals surface area (Å²) >= 11 is 6.65. The normalized spacial score (nSPS) is 15.7. The van der Waals surface area contributed by atoms with Crippen molar-refractivity contribution in [1.29, 1.82) is 0 Å². The van der Waals surface area contributed by atoms with E-state index in [1.807, 2.05) is 78.9 Å². The minimum Gasteiger partial charge on any atom is -0.390 e. The first-order chi connectivity index (χ1) is 17.0. The Hall–Kier alpha value is -4.07. The molecule has 35 heavy (non-hydrogen) atoms. The van der Waals surface area contributed by atoms with E-state index in [9.17, 15) is 9.59 Å². The number of hydrogen-bond donors (Lipinski definition) is 2. The Morgan fingerprint density at radius 3 is 2.06 bits per heavy atom. The number of fused-ring (bicyclic) bond motifs is 1. The second kappa shape index (κ2) is 9.29. The maximum atomic E-state index is 14.0. The van der Waals surface area contributed by atoms with E-state index in [1.165, 1.54) is 15.9 Å². The van der Waals surface area contributed by atoms with Gasteiger partial charge in [0.1, 0.15) is 15.5 Å². The molecule has 172 valence electrons. The SMILES string of the molecule is NC(=S)C1=C(N)n2c(s/c(=C/c3ccccc3)c2=O)=C(C(=O)c2ccccc2)C1c1ccccc1. The fourth-order valence-electron chi connectivity index (χ4n) is 4.34. The van der Waals surface area contributed by atoms with E-state index in [0.717, 1.165) is 11.1 Å². The maximum Gasteiger partial charge on any atom is 0.274 e. The van der Waals surface area contributed by atoms with Gasteiger partial charge in [-0.3, -0.25) is 14.2 Å². The molecule has 1 aliphatic rings. The molecule has 0 fully saturated rings. The first kappa shape index (κ1) is 22.7. The summed E-state index contributed by atoms with van der Waals surface area (Å²) in [6.45, 7) is 0. The Morgan fingerprint density at radius 1 is 0.886 bits per heavy atom. The van der Waals surface area contributed by atoms with Crippen LogP contribution in [0, 0.1) is 0 Å². The lowest BCUT2D eigenvalue weighted by Gasteiger charge is -2.28. The molecule has 0 amide bonds. The highest BCUT2D eigenvalue weighted by molar-refractivity contribution is 7.80. The van der Waals surface area contributed by atoms with Crippen LogP contribution in [-0.2, 0) is 0 Å². The van der Waals surface area contributed by atoms with Gasteiger partial charge in [0, 0.05) is 22.6 Å². The maximum absolute atomic E-state index is 14.0. The van der Waals surface area contributed by atoms with Crippen molar-refractivity contribution in [2.24, 2.45) is 11.5 Å². The van der Waals surface area contributed by atoms with Crippen molar-refractivity contribution in [3.63, 3.8) is 0 Å². The third-order valence-corrected chi connectivity index (χ3v) is 7.25. The van der Waals surface area contributed by atoms with Gasteiger partial charge in [-0.1, -0.05) is 103 Å². The third-order valence-electron chi connectivity index (χ3n) is 5.92. The van der Waals surface area contributed by atoms with E-state index in [0.29, 0.717) is 25.9 Å². The van der Waals surface area contributed by atoms with Crippen LogP contribution in [0.25, 0.3) is 17.5 Å². The molecule has 5 rings (SSSR count). The van der Waals surface area contributed by atoms with Crippen molar-refractivity contribution in [3.05, 3.63) is 133 Å². The minimum absolute atomic E-state index is 0.0482. The van der Waals surface area contributed by atoms with Gasteiger partial charge < -0.3 is 11.5 Å². The number of nitrogens with two attached hydrogens (primary N) is 2. The third kappa shape index (κ3) is 4.05. The van der Waals surface area contributed by atoms with Crippen LogP contribution in [0.3, 0.4) is 0 Å². The Kier molecular flexibility index (Phi) is 6.03. The van der Waals surface area contributed by atoms with E-state index in [4.69, 9.17) is 23.7 Å². The molecule has 1 atom stereocenters. The van der Waals surface area contributed by atoms with Gasteiger partial charge in [-0.15, -0.1) is 11.3 Å². The van der Waals surface area contributed by atoms with Crippen LogP contribution in [0.1, 0.15) is 27.4 Å². The Balaban J connectivity index is 1.91. The number of nitrogens with zero attached hydrogens (tertiary/aromatic N) is 1. The molecule has 1 unspecified atom stereocenters. The van der Waals surface area contributed by atoms with Crippen molar-refractivity contribution in [2.75, 3.05) is 0 Å². The van der Waals surface area contributed by atoms with Crippen molar-refractivity contribution >= 4 is 51.8 Å². The van der Waals surface area contributed by atoms with Crippen molar-refractivity contribution in [1.82, 2.24) is 4.57 Å². The molecule has 5 nitrogen and oxygen atoms in total. The van der Waals surface area contributed by atoms with Gasteiger partial charge in [0.25, 0.3) is 5.56 Å². The van der Waals surface area contributed by atoms with Gasteiger partial charge in [-0.2, -0.15) is 0 Å². The zero-order valence-corrected chi connectivity index (χ0v) is 20.2. The summed E-state index contributed by atoms with van der Waals surface area (Å²) in [4.78, 5) is 27.6. The molecule has 1 aliphatic heterocycles. The van der Waals surface area contributed by atoms with E-state index < -0.39 is 5.92 Å². The van der Waals surface area contributed by atoms with Gasteiger partial charge in [-0.25, -0.2) is 0 Å². The average molecular weight is 496 g/mol. The molecule has 0 saturated carbocycles. The molecule has 7 heteroatoms. The molecule has 0 radical (unpaired) electrons. The predicted octanol–water partition coefficient (Wildman–Crippen LogP) is 2.98. The van der Waals surface area contributed by atoms with E-state index in [2.05, 4.69) is 0 Å². The topological polar surface area (TPSA) is 91.1 Å². The quantitative estimate of drug-likeness (QED) is 0.328.